The van der Waals surface area contributed by atoms with Crippen LogP contribution in [-0.4, -0.2) is 12.1 Å². The molecule has 0 radical (unpaired) electrons. The summed E-state index contributed by atoms with van der Waals surface area (Å²) in [6.07, 6.45) is 4.14. The number of anilines is 1. The average Bonchev–Trinajstić information content (AvgIpc) is 2.46. The van der Waals surface area contributed by atoms with Crippen LogP contribution in [0.1, 0.15) is 22.7 Å². The Morgan fingerprint density at radius 3 is 2.75 bits per heavy atom. The second-order valence-corrected chi connectivity index (χ2v) is 4.73. The SMILES string of the molecule is COc1ccc(C(Cc2cnccc2N)NN)cc1C. The number of methoxy groups -OCH3 is 1. The fourth-order valence-corrected chi connectivity index (χ4v) is 2.22. The van der Waals surface area contributed by atoms with Gasteiger partial charge in [0.05, 0.1) is 13.2 Å². The number of nitrogens with two attached hydrogens (primary N) is 2. The first-order valence-electron chi connectivity index (χ1n) is 6.44. The predicted molar refractivity (Wildman–Crippen MR) is 80.1 cm³/mol. The number of benzene rings is 1. The minimum Gasteiger partial charge on any atom is -0.496 e. The minimum atomic E-state index is -0.0221. The van der Waals surface area contributed by atoms with Crippen LogP contribution >= 0.6 is 0 Å². The summed E-state index contributed by atoms with van der Waals surface area (Å²) in [5, 5.41) is 0. The predicted octanol–water partition coefficient (Wildman–Crippen LogP) is 1.73. The molecule has 1 aromatic heterocycles. The van der Waals surface area contributed by atoms with Gasteiger partial charge in [-0.1, -0.05) is 12.1 Å². The van der Waals surface area contributed by atoms with Crippen LogP contribution < -0.4 is 21.7 Å². The van der Waals surface area contributed by atoms with Gasteiger partial charge in [-0.05, 0) is 42.2 Å². The standard InChI is InChI=1S/C15H20N4O/c1-10-7-11(3-4-15(10)20-2)14(19-17)8-12-9-18-6-5-13(12)16/h3-7,9,14,19H,8,17H2,1-2H3,(H2,16,18). The Morgan fingerprint density at radius 2 is 2.15 bits per heavy atom. The van der Waals surface area contributed by atoms with Gasteiger partial charge in [0.25, 0.3) is 0 Å². The van der Waals surface area contributed by atoms with Gasteiger partial charge in [-0.2, -0.15) is 0 Å². The molecule has 0 saturated carbocycles. The Labute approximate surface area is 118 Å². The molecule has 0 bridgehead atoms. The van der Waals surface area contributed by atoms with Crippen molar-refractivity contribution < 1.29 is 4.74 Å². The van der Waals surface area contributed by atoms with Crippen molar-refractivity contribution in [2.75, 3.05) is 12.8 Å². The molecule has 20 heavy (non-hydrogen) atoms. The van der Waals surface area contributed by atoms with Gasteiger partial charge in [0.15, 0.2) is 0 Å². The largest absolute Gasteiger partial charge is 0.496 e. The lowest BCUT2D eigenvalue weighted by atomic mass is 9.98. The molecule has 5 heteroatoms. The summed E-state index contributed by atoms with van der Waals surface area (Å²) >= 11 is 0. The van der Waals surface area contributed by atoms with Gasteiger partial charge in [0, 0.05) is 18.1 Å². The van der Waals surface area contributed by atoms with E-state index in [9.17, 15) is 0 Å². The van der Waals surface area contributed by atoms with E-state index in [1.807, 2.05) is 19.1 Å². The zero-order chi connectivity index (χ0) is 14.5. The molecule has 0 aliphatic heterocycles. The lowest BCUT2D eigenvalue weighted by molar-refractivity contribution is 0.411. The van der Waals surface area contributed by atoms with Crippen molar-refractivity contribution in [1.82, 2.24) is 10.4 Å². The molecule has 0 spiro atoms. The minimum absolute atomic E-state index is 0.0221. The first-order chi connectivity index (χ1) is 9.65. The van der Waals surface area contributed by atoms with E-state index in [1.165, 1.54) is 0 Å². The number of hydrazine groups is 1. The van der Waals surface area contributed by atoms with Crippen LogP contribution in [0.5, 0.6) is 5.75 Å². The molecular formula is C15H20N4O. The molecule has 5 N–H and O–H groups in total. The monoisotopic (exact) mass is 272 g/mol. The van der Waals surface area contributed by atoms with Gasteiger partial charge in [-0.25, -0.2) is 0 Å². The normalized spacial score (nSPS) is 12.2. The quantitative estimate of drug-likeness (QED) is 0.570. The molecule has 1 aromatic carbocycles. The molecule has 1 unspecified atom stereocenters. The van der Waals surface area contributed by atoms with Crippen LogP contribution in [0.3, 0.4) is 0 Å². The van der Waals surface area contributed by atoms with Crippen LogP contribution in [0.4, 0.5) is 5.69 Å². The number of rotatable bonds is 5. The highest BCUT2D eigenvalue weighted by Gasteiger charge is 2.13. The van der Waals surface area contributed by atoms with Crippen LogP contribution in [0.2, 0.25) is 0 Å². The average molecular weight is 272 g/mol. The van der Waals surface area contributed by atoms with Gasteiger partial charge in [0.2, 0.25) is 0 Å². The molecule has 0 amide bonds. The number of hydrogen-bond donors (Lipinski definition) is 3. The van der Waals surface area contributed by atoms with Crippen LogP contribution in [0.15, 0.2) is 36.7 Å². The maximum atomic E-state index is 5.95. The van der Waals surface area contributed by atoms with Crippen molar-refractivity contribution in [2.24, 2.45) is 5.84 Å². The number of pyridine rings is 1. The third-order valence-electron chi connectivity index (χ3n) is 3.39. The third kappa shape index (κ3) is 3.07. The Balaban J connectivity index is 2.24. The maximum Gasteiger partial charge on any atom is 0.121 e. The smallest absolute Gasteiger partial charge is 0.121 e. The summed E-state index contributed by atoms with van der Waals surface area (Å²) in [6, 6.07) is 7.79. The third-order valence-corrected chi connectivity index (χ3v) is 3.39. The van der Waals surface area contributed by atoms with Crippen LogP contribution in [0, 0.1) is 6.92 Å². The van der Waals surface area contributed by atoms with Crippen molar-refractivity contribution in [3.05, 3.63) is 53.3 Å². The lowest BCUT2D eigenvalue weighted by Crippen LogP contribution is -2.29. The molecule has 0 aliphatic carbocycles. The molecule has 5 nitrogen and oxygen atoms in total. The van der Waals surface area contributed by atoms with Gasteiger partial charge in [0.1, 0.15) is 5.75 Å². The zero-order valence-corrected chi connectivity index (χ0v) is 11.8. The second-order valence-electron chi connectivity index (χ2n) is 4.73. The van der Waals surface area contributed by atoms with Crippen molar-refractivity contribution >= 4 is 5.69 Å². The molecule has 0 fully saturated rings. The molecule has 106 valence electrons. The van der Waals surface area contributed by atoms with E-state index in [0.717, 1.165) is 28.1 Å². The van der Waals surface area contributed by atoms with E-state index < -0.39 is 0 Å². The molecule has 2 aromatic rings. The molecule has 0 aliphatic rings. The molecule has 0 saturated heterocycles. The Morgan fingerprint density at radius 1 is 1.35 bits per heavy atom. The van der Waals surface area contributed by atoms with Gasteiger partial charge in [-0.3, -0.25) is 16.3 Å². The highest BCUT2D eigenvalue weighted by atomic mass is 16.5. The van der Waals surface area contributed by atoms with E-state index in [4.69, 9.17) is 16.3 Å². The zero-order valence-electron chi connectivity index (χ0n) is 11.8. The van der Waals surface area contributed by atoms with Gasteiger partial charge in [-0.15, -0.1) is 0 Å². The summed E-state index contributed by atoms with van der Waals surface area (Å²) in [4.78, 5) is 4.10. The molecule has 2 rings (SSSR count). The molecule has 1 atom stereocenters. The summed E-state index contributed by atoms with van der Waals surface area (Å²) < 4.78 is 5.27. The van der Waals surface area contributed by atoms with Crippen molar-refractivity contribution in [2.45, 2.75) is 19.4 Å². The van der Waals surface area contributed by atoms with Gasteiger partial charge < -0.3 is 10.5 Å². The summed E-state index contributed by atoms with van der Waals surface area (Å²) in [5.41, 5.74) is 12.7. The van der Waals surface area contributed by atoms with E-state index in [1.54, 1.807) is 25.6 Å². The lowest BCUT2D eigenvalue weighted by Gasteiger charge is -2.18. The number of ether oxygens (including phenoxy) is 1. The van der Waals surface area contributed by atoms with E-state index in [0.29, 0.717) is 6.42 Å². The van der Waals surface area contributed by atoms with E-state index in [-0.39, 0.29) is 6.04 Å². The van der Waals surface area contributed by atoms with Crippen molar-refractivity contribution in [1.29, 1.82) is 0 Å². The topological polar surface area (TPSA) is 86.2 Å². The summed E-state index contributed by atoms with van der Waals surface area (Å²) in [5.74, 6) is 6.55. The number of aromatic nitrogens is 1. The first-order valence-corrected chi connectivity index (χ1v) is 6.44. The van der Waals surface area contributed by atoms with Crippen LogP contribution in [0.25, 0.3) is 0 Å². The van der Waals surface area contributed by atoms with Gasteiger partial charge >= 0.3 is 0 Å². The number of nitrogen functional groups attached to an aromatic ring is 1. The molecular weight excluding hydrogens is 252 g/mol. The Bertz CT molecular complexity index is 586. The maximum absolute atomic E-state index is 5.95. The van der Waals surface area contributed by atoms with Crippen LogP contribution in [-0.2, 0) is 6.42 Å². The van der Waals surface area contributed by atoms with E-state index in [2.05, 4.69) is 16.5 Å². The summed E-state index contributed by atoms with van der Waals surface area (Å²) in [6.45, 7) is 2.01. The fraction of sp³-hybridized carbons (Fsp3) is 0.267. The van der Waals surface area contributed by atoms with Crippen molar-refractivity contribution in [3.63, 3.8) is 0 Å². The van der Waals surface area contributed by atoms with Crippen molar-refractivity contribution in [3.8, 4) is 5.75 Å². The highest BCUT2D eigenvalue weighted by Crippen LogP contribution is 2.25. The highest BCUT2D eigenvalue weighted by molar-refractivity contribution is 5.45. The Hall–Kier alpha value is -2.11. The Kier molecular flexibility index (Phi) is 4.55. The number of hydrogen-bond acceptors (Lipinski definition) is 5. The molecule has 1 heterocycles. The number of nitrogens with one attached hydrogen (secondary N) is 1. The summed E-state index contributed by atoms with van der Waals surface area (Å²) in [7, 11) is 1.66. The van der Waals surface area contributed by atoms with E-state index >= 15 is 0 Å². The number of nitrogens with zero attached hydrogens (tertiary/aromatic N) is 1. The second kappa shape index (κ2) is 6.36. The number of aryl methyl sites for hydroxylation is 1. The first kappa shape index (κ1) is 14.3. The fourth-order valence-electron chi connectivity index (χ4n) is 2.22.